The van der Waals surface area contributed by atoms with Crippen LogP contribution in [0.4, 0.5) is 8.78 Å². The van der Waals surface area contributed by atoms with Gasteiger partial charge in [-0.2, -0.15) is 0 Å². The Morgan fingerprint density at radius 2 is 1.93 bits per heavy atom. The summed E-state index contributed by atoms with van der Waals surface area (Å²) in [6.45, 7) is 2.00. The molecule has 1 aromatic heterocycles. The largest absolute Gasteiger partial charge is 0.456 e. The average molecular weight is 211 g/mol. The first-order valence-electron chi connectivity index (χ1n) is 4.77. The van der Waals surface area contributed by atoms with Crippen LogP contribution < -0.4 is 5.73 Å². The number of hydrogen-bond acceptors (Lipinski definition) is 2. The van der Waals surface area contributed by atoms with Crippen LogP contribution >= 0.6 is 0 Å². The van der Waals surface area contributed by atoms with E-state index in [0.717, 1.165) is 12.1 Å². The number of halogens is 2. The van der Waals surface area contributed by atoms with Gasteiger partial charge in [0, 0.05) is 5.56 Å². The third-order valence-corrected chi connectivity index (χ3v) is 2.46. The quantitative estimate of drug-likeness (QED) is 0.829. The van der Waals surface area contributed by atoms with Crippen LogP contribution in [0.5, 0.6) is 0 Å². The molecule has 0 unspecified atom stereocenters. The molecule has 0 saturated carbocycles. The predicted octanol–water partition coefficient (Wildman–Crippen LogP) is 2.73. The highest BCUT2D eigenvalue weighted by Crippen LogP contribution is 2.30. The highest BCUT2D eigenvalue weighted by molar-refractivity contribution is 5.83. The van der Waals surface area contributed by atoms with E-state index in [2.05, 4.69) is 0 Å². The van der Waals surface area contributed by atoms with Crippen molar-refractivity contribution in [2.45, 2.75) is 19.9 Å². The molecule has 0 aliphatic rings. The van der Waals surface area contributed by atoms with E-state index in [0.29, 0.717) is 17.7 Å². The SMILES string of the molecule is CCc1c(CN)oc2c(F)ccc(F)c12. The van der Waals surface area contributed by atoms with E-state index in [1.54, 1.807) is 0 Å². The van der Waals surface area contributed by atoms with E-state index < -0.39 is 11.6 Å². The second kappa shape index (κ2) is 3.62. The van der Waals surface area contributed by atoms with Crippen molar-refractivity contribution in [2.24, 2.45) is 5.73 Å². The standard InChI is InChI=1S/C11H11F2NO/c1-2-6-9(5-14)15-11-8(13)4-3-7(12)10(6)11/h3-4H,2,5,14H2,1H3. The molecule has 15 heavy (non-hydrogen) atoms. The zero-order valence-electron chi connectivity index (χ0n) is 8.31. The maximum Gasteiger partial charge on any atom is 0.173 e. The van der Waals surface area contributed by atoms with Gasteiger partial charge in [0.2, 0.25) is 0 Å². The molecule has 0 atom stereocenters. The van der Waals surface area contributed by atoms with Gasteiger partial charge in [0.05, 0.1) is 11.9 Å². The van der Waals surface area contributed by atoms with Crippen LogP contribution in [0.3, 0.4) is 0 Å². The molecule has 2 nitrogen and oxygen atoms in total. The van der Waals surface area contributed by atoms with Crippen LogP contribution in [0.15, 0.2) is 16.5 Å². The fraction of sp³-hybridized carbons (Fsp3) is 0.273. The molecule has 2 rings (SSSR count). The highest BCUT2D eigenvalue weighted by Gasteiger charge is 2.18. The van der Waals surface area contributed by atoms with Crippen molar-refractivity contribution in [2.75, 3.05) is 0 Å². The predicted molar refractivity (Wildman–Crippen MR) is 53.4 cm³/mol. The first-order valence-corrected chi connectivity index (χ1v) is 4.77. The molecule has 2 aromatic rings. The number of furan rings is 1. The molecule has 0 aliphatic carbocycles. The first-order chi connectivity index (χ1) is 7.19. The summed E-state index contributed by atoms with van der Waals surface area (Å²) in [6.07, 6.45) is 0.569. The fourth-order valence-corrected chi connectivity index (χ4v) is 1.78. The van der Waals surface area contributed by atoms with Gasteiger partial charge in [-0.15, -0.1) is 0 Å². The second-order valence-corrected chi connectivity index (χ2v) is 3.29. The van der Waals surface area contributed by atoms with Crippen molar-refractivity contribution in [3.8, 4) is 0 Å². The van der Waals surface area contributed by atoms with Gasteiger partial charge < -0.3 is 10.2 Å². The molecule has 0 aliphatic heterocycles. The van der Waals surface area contributed by atoms with Gasteiger partial charge >= 0.3 is 0 Å². The maximum absolute atomic E-state index is 13.5. The summed E-state index contributed by atoms with van der Waals surface area (Å²) in [5.74, 6) is -0.566. The Morgan fingerprint density at radius 1 is 1.27 bits per heavy atom. The lowest BCUT2D eigenvalue weighted by atomic mass is 10.1. The number of fused-ring (bicyclic) bond motifs is 1. The second-order valence-electron chi connectivity index (χ2n) is 3.29. The number of benzene rings is 1. The lowest BCUT2D eigenvalue weighted by molar-refractivity contribution is 0.516. The maximum atomic E-state index is 13.5. The zero-order valence-corrected chi connectivity index (χ0v) is 8.31. The van der Waals surface area contributed by atoms with Crippen molar-refractivity contribution in [1.29, 1.82) is 0 Å². The van der Waals surface area contributed by atoms with Crippen molar-refractivity contribution in [3.05, 3.63) is 35.1 Å². The summed E-state index contributed by atoms with van der Waals surface area (Å²) in [6, 6.07) is 2.16. The number of nitrogens with two attached hydrogens (primary N) is 1. The molecule has 0 bridgehead atoms. The molecular weight excluding hydrogens is 200 g/mol. The Bertz CT molecular complexity index is 505. The lowest BCUT2D eigenvalue weighted by Gasteiger charge is -1.96. The Morgan fingerprint density at radius 3 is 2.53 bits per heavy atom. The molecule has 1 heterocycles. The van der Waals surface area contributed by atoms with Crippen LogP contribution in [0.2, 0.25) is 0 Å². The summed E-state index contributed by atoms with van der Waals surface area (Å²) < 4.78 is 32.0. The van der Waals surface area contributed by atoms with Gasteiger partial charge in [-0.25, -0.2) is 8.78 Å². The Balaban J connectivity index is 2.87. The monoisotopic (exact) mass is 211 g/mol. The normalized spacial score (nSPS) is 11.2. The third kappa shape index (κ3) is 1.41. The van der Waals surface area contributed by atoms with E-state index in [9.17, 15) is 8.78 Å². The summed E-state index contributed by atoms with van der Waals surface area (Å²) in [5.41, 5.74) is 6.07. The average Bonchev–Trinajstić information content (AvgIpc) is 2.63. The lowest BCUT2D eigenvalue weighted by Crippen LogP contribution is -1.97. The van der Waals surface area contributed by atoms with E-state index in [1.165, 1.54) is 0 Å². The zero-order chi connectivity index (χ0) is 11.0. The molecule has 0 spiro atoms. The Kier molecular flexibility index (Phi) is 2.44. The molecule has 0 amide bonds. The van der Waals surface area contributed by atoms with Crippen LogP contribution in [-0.2, 0) is 13.0 Å². The number of aryl methyl sites for hydroxylation is 1. The summed E-state index contributed by atoms with van der Waals surface area (Å²) in [7, 11) is 0. The molecule has 0 saturated heterocycles. The molecule has 0 radical (unpaired) electrons. The highest BCUT2D eigenvalue weighted by atomic mass is 19.1. The third-order valence-electron chi connectivity index (χ3n) is 2.46. The van der Waals surface area contributed by atoms with Crippen molar-refractivity contribution in [3.63, 3.8) is 0 Å². The number of hydrogen-bond donors (Lipinski definition) is 1. The molecule has 1 aromatic carbocycles. The summed E-state index contributed by atoms with van der Waals surface area (Å²) in [4.78, 5) is 0. The Labute approximate surface area is 85.7 Å². The van der Waals surface area contributed by atoms with Gasteiger partial charge in [0.15, 0.2) is 11.4 Å². The number of rotatable bonds is 2. The minimum Gasteiger partial charge on any atom is -0.456 e. The van der Waals surface area contributed by atoms with Gasteiger partial charge in [-0.3, -0.25) is 0 Å². The topological polar surface area (TPSA) is 39.2 Å². The van der Waals surface area contributed by atoms with Gasteiger partial charge in [0.1, 0.15) is 11.6 Å². The van der Waals surface area contributed by atoms with Crippen LogP contribution in [-0.4, -0.2) is 0 Å². The minimum atomic E-state index is -0.555. The van der Waals surface area contributed by atoms with Gasteiger partial charge in [0.25, 0.3) is 0 Å². The van der Waals surface area contributed by atoms with Gasteiger partial charge in [-0.05, 0) is 18.6 Å². The molecule has 4 heteroatoms. The van der Waals surface area contributed by atoms with E-state index in [4.69, 9.17) is 10.2 Å². The van der Waals surface area contributed by atoms with Crippen LogP contribution in [0.1, 0.15) is 18.2 Å². The summed E-state index contributed by atoms with van der Waals surface area (Å²) >= 11 is 0. The van der Waals surface area contributed by atoms with Crippen molar-refractivity contribution in [1.82, 2.24) is 0 Å². The van der Waals surface area contributed by atoms with Gasteiger partial charge in [-0.1, -0.05) is 6.92 Å². The van der Waals surface area contributed by atoms with E-state index in [1.807, 2.05) is 6.92 Å². The van der Waals surface area contributed by atoms with Crippen molar-refractivity contribution < 1.29 is 13.2 Å². The fourth-order valence-electron chi connectivity index (χ4n) is 1.78. The molecule has 80 valence electrons. The first kappa shape index (κ1) is 10.1. The molecule has 0 fully saturated rings. The summed E-state index contributed by atoms with van der Waals surface area (Å²) in [5, 5.41) is 0.220. The molecule has 2 N–H and O–H groups in total. The van der Waals surface area contributed by atoms with Crippen LogP contribution in [0.25, 0.3) is 11.0 Å². The molecular formula is C11H11F2NO. The Hall–Kier alpha value is -1.42. The van der Waals surface area contributed by atoms with Crippen molar-refractivity contribution >= 4 is 11.0 Å². The minimum absolute atomic E-state index is 0.0349. The van der Waals surface area contributed by atoms with Crippen LogP contribution in [0, 0.1) is 11.6 Å². The van der Waals surface area contributed by atoms with E-state index >= 15 is 0 Å². The smallest absolute Gasteiger partial charge is 0.173 e. The van der Waals surface area contributed by atoms with E-state index in [-0.39, 0.29) is 17.5 Å².